The van der Waals surface area contributed by atoms with E-state index in [0.717, 1.165) is 16.7 Å². The zero-order valence-electron chi connectivity index (χ0n) is 12.5. The predicted octanol–water partition coefficient (Wildman–Crippen LogP) is 2.25. The molecule has 1 aromatic carbocycles. The summed E-state index contributed by atoms with van der Waals surface area (Å²) in [5.41, 5.74) is 4.65. The van der Waals surface area contributed by atoms with Crippen LogP contribution in [0.4, 0.5) is 0 Å². The molecule has 3 nitrogen and oxygen atoms in total. The lowest BCUT2D eigenvalue weighted by molar-refractivity contribution is -0.126. The maximum atomic E-state index is 12.4. The number of aryl methyl sites for hydroxylation is 3. The Labute approximate surface area is 120 Å². The number of carbonyl (C=O) groups is 1. The van der Waals surface area contributed by atoms with Crippen molar-refractivity contribution < 1.29 is 15.0 Å². The molecule has 0 radical (unpaired) electrons. The van der Waals surface area contributed by atoms with Gasteiger partial charge in [-0.15, -0.1) is 0 Å². The molecule has 1 aliphatic carbocycles. The summed E-state index contributed by atoms with van der Waals surface area (Å²) >= 11 is 0. The number of Topliss-reactive ketones (excluding diaryl/α,β-unsaturated/α-hetero) is 1. The summed E-state index contributed by atoms with van der Waals surface area (Å²) in [4.78, 5) is 12.4. The minimum Gasteiger partial charge on any atom is -0.390 e. The minimum atomic E-state index is -0.752. The van der Waals surface area contributed by atoms with Crippen molar-refractivity contribution in [1.82, 2.24) is 0 Å². The van der Waals surface area contributed by atoms with Crippen LogP contribution in [0.2, 0.25) is 0 Å². The Morgan fingerprint density at radius 1 is 1.10 bits per heavy atom. The van der Waals surface area contributed by atoms with Crippen molar-refractivity contribution in [2.75, 3.05) is 0 Å². The van der Waals surface area contributed by atoms with Crippen molar-refractivity contribution >= 4 is 5.78 Å². The maximum Gasteiger partial charge on any atom is 0.140 e. The van der Waals surface area contributed by atoms with Gasteiger partial charge in [-0.1, -0.05) is 17.7 Å². The van der Waals surface area contributed by atoms with Crippen LogP contribution in [0.1, 0.15) is 41.5 Å². The molecule has 0 heterocycles. The molecular formula is C17H24O3. The number of ketones is 1. The first-order valence-electron chi connectivity index (χ1n) is 7.34. The third-order valence-corrected chi connectivity index (χ3v) is 4.43. The Balaban J connectivity index is 2.09. The molecule has 20 heavy (non-hydrogen) atoms. The van der Waals surface area contributed by atoms with Gasteiger partial charge in [-0.25, -0.2) is 0 Å². The van der Waals surface area contributed by atoms with Crippen molar-refractivity contribution in [3.05, 3.63) is 34.4 Å². The van der Waals surface area contributed by atoms with Gasteiger partial charge in [-0.2, -0.15) is 0 Å². The van der Waals surface area contributed by atoms with Gasteiger partial charge in [0.2, 0.25) is 0 Å². The van der Waals surface area contributed by atoms with E-state index in [4.69, 9.17) is 0 Å². The van der Waals surface area contributed by atoms with Crippen LogP contribution in [-0.2, 0) is 11.2 Å². The van der Waals surface area contributed by atoms with Crippen molar-refractivity contribution in [3.8, 4) is 0 Å². The zero-order valence-corrected chi connectivity index (χ0v) is 12.5. The number of aliphatic hydroxyl groups is 2. The summed E-state index contributed by atoms with van der Waals surface area (Å²) < 4.78 is 0. The highest BCUT2D eigenvalue weighted by Crippen LogP contribution is 2.27. The number of carbonyl (C=O) groups excluding carboxylic acids is 1. The number of aliphatic hydroxyl groups excluding tert-OH is 2. The topological polar surface area (TPSA) is 57.5 Å². The average molecular weight is 276 g/mol. The molecular weight excluding hydrogens is 252 g/mol. The summed E-state index contributed by atoms with van der Waals surface area (Å²) in [5.74, 6) is 0.0690. The van der Waals surface area contributed by atoms with Gasteiger partial charge in [-0.05, 0) is 56.7 Å². The lowest BCUT2D eigenvalue weighted by Crippen LogP contribution is -2.36. The Morgan fingerprint density at radius 2 is 1.70 bits per heavy atom. The standard InChI is InChI=1S/C17H24O3/c1-10-6-11(2)14(12(3)7-10)9-16(19)13-4-5-15(18)17(20)8-13/h6-7,13,15,17-18,20H,4-5,8-9H2,1-3H3. The Kier molecular flexibility index (Phi) is 4.61. The normalized spacial score (nSPS) is 26.6. The highest BCUT2D eigenvalue weighted by molar-refractivity contribution is 5.84. The zero-order chi connectivity index (χ0) is 14.9. The molecule has 0 saturated heterocycles. The van der Waals surface area contributed by atoms with Crippen LogP contribution in [0.5, 0.6) is 0 Å². The quantitative estimate of drug-likeness (QED) is 0.890. The lowest BCUT2D eigenvalue weighted by Gasteiger charge is -2.29. The average Bonchev–Trinajstić information content (AvgIpc) is 2.36. The molecule has 0 spiro atoms. The highest BCUT2D eigenvalue weighted by atomic mass is 16.3. The van der Waals surface area contributed by atoms with Gasteiger partial charge in [0.15, 0.2) is 0 Å². The lowest BCUT2D eigenvalue weighted by atomic mass is 9.80. The van der Waals surface area contributed by atoms with E-state index in [1.165, 1.54) is 5.56 Å². The smallest absolute Gasteiger partial charge is 0.140 e. The van der Waals surface area contributed by atoms with Crippen LogP contribution in [-0.4, -0.2) is 28.2 Å². The second kappa shape index (κ2) is 6.06. The largest absolute Gasteiger partial charge is 0.390 e. The van der Waals surface area contributed by atoms with Crippen LogP contribution in [0.3, 0.4) is 0 Å². The van der Waals surface area contributed by atoms with Gasteiger partial charge >= 0.3 is 0 Å². The number of hydrogen-bond acceptors (Lipinski definition) is 3. The van der Waals surface area contributed by atoms with E-state index in [1.54, 1.807) is 0 Å². The van der Waals surface area contributed by atoms with Gasteiger partial charge in [-0.3, -0.25) is 4.79 Å². The van der Waals surface area contributed by atoms with Crippen LogP contribution < -0.4 is 0 Å². The second-order valence-corrected chi connectivity index (χ2v) is 6.17. The maximum absolute atomic E-state index is 12.4. The van der Waals surface area contributed by atoms with Gasteiger partial charge in [0.25, 0.3) is 0 Å². The van der Waals surface area contributed by atoms with Crippen LogP contribution >= 0.6 is 0 Å². The molecule has 3 unspecified atom stereocenters. The molecule has 1 aliphatic rings. The molecule has 3 atom stereocenters. The van der Waals surface area contributed by atoms with Crippen molar-refractivity contribution in [2.45, 2.75) is 58.7 Å². The number of hydrogen-bond donors (Lipinski definition) is 2. The molecule has 1 saturated carbocycles. The van der Waals surface area contributed by atoms with Crippen LogP contribution in [0.25, 0.3) is 0 Å². The van der Waals surface area contributed by atoms with E-state index in [2.05, 4.69) is 19.1 Å². The summed E-state index contributed by atoms with van der Waals surface area (Å²) in [5, 5.41) is 19.2. The Hall–Kier alpha value is -1.19. The van der Waals surface area contributed by atoms with E-state index in [-0.39, 0.29) is 11.7 Å². The molecule has 2 N–H and O–H groups in total. The van der Waals surface area contributed by atoms with Gasteiger partial charge in [0.1, 0.15) is 5.78 Å². The molecule has 1 fully saturated rings. The molecule has 1 aromatic rings. The van der Waals surface area contributed by atoms with E-state index in [1.807, 2.05) is 13.8 Å². The van der Waals surface area contributed by atoms with Gasteiger partial charge < -0.3 is 10.2 Å². The highest BCUT2D eigenvalue weighted by Gasteiger charge is 2.31. The first-order valence-corrected chi connectivity index (χ1v) is 7.34. The van der Waals surface area contributed by atoms with Crippen molar-refractivity contribution in [2.24, 2.45) is 5.92 Å². The molecule has 0 aliphatic heterocycles. The first kappa shape index (κ1) is 15.2. The molecule has 0 bridgehead atoms. The summed E-state index contributed by atoms with van der Waals surface area (Å²) in [7, 11) is 0. The fraction of sp³-hybridized carbons (Fsp3) is 0.588. The van der Waals surface area contributed by atoms with Crippen molar-refractivity contribution in [3.63, 3.8) is 0 Å². The van der Waals surface area contributed by atoms with E-state index >= 15 is 0 Å². The summed E-state index contributed by atoms with van der Waals surface area (Å²) in [6, 6.07) is 4.21. The second-order valence-electron chi connectivity index (χ2n) is 6.17. The molecule has 3 heteroatoms. The van der Waals surface area contributed by atoms with Gasteiger partial charge in [0.05, 0.1) is 12.2 Å². The third kappa shape index (κ3) is 3.28. The first-order chi connectivity index (χ1) is 9.38. The summed E-state index contributed by atoms with van der Waals surface area (Å²) in [6.07, 6.45) is 0.611. The van der Waals surface area contributed by atoms with E-state index in [9.17, 15) is 15.0 Å². The van der Waals surface area contributed by atoms with Crippen LogP contribution in [0, 0.1) is 26.7 Å². The van der Waals surface area contributed by atoms with Gasteiger partial charge in [0, 0.05) is 12.3 Å². The summed E-state index contributed by atoms with van der Waals surface area (Å²) in [6.45, 7) is 6.15. The third-order valence-electron chi connectivity index (χ3n) is 4.43. The fourth-order valence-electron chi connectivity index (χ4n) is 3.23. The molecule has 2 rings (SSSR count). The molecule has 110 valence electrons. The minimum absolute atomic E-state index is 0.117. The van der Waals surface area contributed by atoms with E-state index in [0.29, 0.717) is 25.7 Å². The fourth-order valence-corrected chi connectivity index (χ4v) is 3.23. The van der Waals surface area contributed by atoms with Crippen LogP contribution in [0.15, 0.2) is 12.1 Å². The molecule has 0 aromatic heterocycles. The molecule has 0 amide bonds. The Bertz CT molecular complexity index is 484. The monoisotopic (exact) mass is 276 g/mol. The van der Waals surface area contributed by atoms with Crippen molar-refractivity contribution in [1.29, 1.82) is 0 Å². The number of rotatable bonds is 3. The van der Waals surface area contributed by atoms with E-state index < -0.39 is 12.2 Å². The number of benzene rings is 1. The predicted molar refractivity (Wildman–Crippen MR) is 78.7 cm³/mol. The Morgan fingerprint density at radius 3 is 2.25 bits per heavy atom. The SMILES string of the molecule is Cc1cc(C)c(CC(=O)C2CCC(O)C(O)C2)c(C)c1.